The molecule has 2 aromatic carbocycles. The number of benzene rings is 2. The monoisotopic (exact) mass is 297 g/mol. The highest BCUT2D eigenvalue weighted by Crippen LogP contribution is 2.20. The van der Waals surface area contributed by atoms with Crippen LogP contribution < -0.4 is 11.2 Å². The number of urea groups is 1. The van der Waals surface area contributed by atoms with Crippen LogP contribution in [0, 0.1) is 5.82 Å². The second-order valence-corrected chi connectivity index (χ2v) is 4.65. The summed E-state index contributed by atoms with van der Waals surface area (Å²) in [6.45, 7) is 1.76. The zero-order valence-electron chi connectivity index (χ0n) is 12.1. The maximum absolute atomic E-state index is 13.0. The van der Waals surface area contributed by atoms with Gasteiger partial charge in [0.1, 0.15) is 5.82 Å². The van der Waals surface area contributed by atoms with Crippen molar-refractivity contribution in [1.82, 2.24) is 5.43 Å². The third kappa shape index (κ3) is 4.28. The van der Waals surface area contributed by atoms with Gasteiger partial charge >= 0.3 is 6.03 Å². The lowest BCUT2D eigenvalue weighted by Gasteiger charge is -2.08. The van der Waals surface area contributed by atoms with E-state index in [0.717, 1.165) is 16.7 Å². The fourth-order valence-electron chi connectivity index (χ4n) is 1.94. The zero-order valence-corrected chi connectivity index (χ0v) is 12.1. The molecular weight excluding hydrogens is 281 g/mol. The summed E-state index contributed by atoms with van der Waals surface area (Å²) >= 11 is 0. The second kappa shape index (κ2) is 7.17. The van der Waals surface area contributed by atoms with Crippen LogP contribution in [0.25, 0.3) is 11.6 Å². The normalized spacial score (nSPS) is 12.1. The van der Waals surface area contributed by atoms with Crippen LogP contribution in [-0.4, -0.2) is 11.7 Å². The lowest BCUT2D eigenvalue weighted by molar-refractivity contribution is 0.249. The van der Waals surface area contributed by atoms with E-state index in [2.05, 4.69) is 10.5 Å². The number of carbonyl (C=O) groups excluding carboxylic acids is 1. The number of carbonyl (C=O) groups is 1. The van der Waals surface area contributed by atoms with Crippen LogP contribution in [0.1, 0.15) is 18.1 Å². The molecule has 2 aromatic rings. The molecule has 2 amide bonds. The molecule has 0 saturated carbocycles. The van der Waals surface area contributed by atoms with E-state index in [0.29, 0.717) is 5.71 Å². The summed E-state index contributed by atoms with van der Waals surface area (Å²) in [5.41, 5.74) is 10.4. The van der Waals surface area contributed by atoms with E-state index in [9.17, 15) is 9.18 Å². The van der Waals surface area contributed by atoms with E-state index in [1.54, 1.807) is 19.1 Å². The third-order valence-electron chi connectivity index (χ3n) is 2.99. The Kier molecular flexibility index (Phi) is 5.03. The maximum Gasteiger partial charge on any atom is 0.332 e. The van der Waals surface area contributed by atoms with Crippen LogP contribution in [0.15, 0.2) is 59.7 Å². The highest BCUT2D eigenvalue weighted by Gasteiger charge is 2.06. The molecule has 0 spiro atoms. The van der Waals surface area contributed by atoms with Crippen LogP contribution in [-0.2, 0) is 0 Å². The first-order chi connectivity index (χ1) is 10.6. The Labute approximate surface area is 128 Å². The van der Waals surface area contributed by atoms with Crippen molar-refractivity contribution in [2.45, 2.75) is 6.92 Å². The van der Waals surface area contributed by atoms with Crippen LogP contribution in [0.2, 0.25) is 0 Å². The maximum atomic E-state index is 13.0. The Morgan fingerprint density at radius 2 is 1.77 bits per heavy atom. The summed E-state index contributed by atoms with van der Waals surface area (Å²) in [6, 6.07) is 15.0. The minimum absolute atomic E-state index is 0.292. The van der Waals surface area contributed by atoms with Gasteiger partial charge in [-0.15, -0.1) is 0 Å². The van der Waals surface area contributed by atoms with E-state index in [1.165, 1.54) is 12.1 Å². The van der Waals surface area contributed by atoms with Crippen molar-refractivity contribution in [3.63, 3.8) is 0 Å². The largest absolute Gasteiger partial charge is 0.350 e. The summed E-state index contributed by atoms with van der Waals surface area (Å²) in [6.07, 6.45) is 1.87. The molecule has 0 aliphatic heterocycles. The van der Waals surface area contributed by atoms with E-state index in [4.69, 9.17) is 5.73 Å². The van der Waals surface area contributed by atoms with Gasteiger partial charge in [0, 0.05) is 5.57 Å². The molecule has 0 heterocycles. The number of hydrogen-bond donors (Lipinski definition) is 2. The number of nitrogens with two attached hydrogens (primary N) is 1. The zero-order chi connectivity index (χ0) is 15.9. The number of nitrogens with one attached hydrogen (secondary N) is 1. The predicted octanol–water partition coefficient (Wildman–Crippen LogP) is 3.41. The number of nitrogens with zero attached hydrogens (tertiary/aromatic N) is 1. The minimum Gasteiger partial charge on any atom is -0.350 e. The Morgan fingerprint density at radius 1 is 1.14 bits per heavy atom. The molecule has 0 atom stereocenters. The van der Waals surface area contributed by atoms with E-state index in [1.807, 2.05) is 36.4 Å². The molecule has 0 radical (unpaired) electrons. The summed E-state index contributed by atoms with van der Waals surface area (Å²) in [5, 5.41) is 3.96. The Balaban J connectivity index is 2.43. The first kappa shape index (κ1) is 15.4. The topological polar surface area (TPSA) is 67.5 Å². The summed E-state index contributed by atoms with van der Waals surface area (Å²) < 4.78 is 13.0. The Morgan fingerprint density at radius 3 is 2.36 bits per heavy atom. The molecule has 0 aliphatic carbocycles. The summed E-state index contributed by atoms with van der Waals surface area (Å²) in [5.74, 6) is -0.292. The van der Waals surface area contributed by atoms with Crippen molar-refractivity contribution in [2.75, 3.05) is 0 Å². The van der Waals surface area contributed by atoms with Crippen LogP contribution in [0.3, 0.4) is 0 Å². The van der Waals surface area contributed by atoms with Gasteiger partial charge in [0.15, 0.2) is 0 Å². The van der Waals surface area contributed by atoms with Crippen LogP contribution >= 0.6 is 0 Å². The van der Waals surface area contributed by atoms with Crippen molar-refractivity contribution < 1.29 is 9.18 Å². The average molecular weight is 297 g/mol. The number of hydrazone groups is 1. The number of amides is 2. The van der Waals surface area contributed by atoms with E-state index >= 15 is 0 Å². The molecule has 2 rings (SSSR count). The summed E-state index contributed by atoms with van der Waals surface area (Å²) in [7, 11) is 0. The highest BCUT2D eigenvalue weighted by atomic mass is 19.1. The van der Waals surface area contributed by atoms with Gasteiger partial charge in [-0.1, -0.05) is 42.5 Å². The van der Waals surface area contributed by atoms with E-state index < -0.39 is 6.03 Å². The van der Waals surface area contributed by atoms with Crippen molar-refractivity contribution in [3.8, 4) is 0 Å². The van der Waals surface area contributed by atoms with Gasteiger partial charge in [-0.05, 0) is 36.3 Å². The molecule has 0 aliphatic rings. The van der Waals surface area contributed by atoms with Gasteiger partial charge in [0.05, 0.1) is 5.71 Å². The molecule has 5 heteroatoms. The lowest BCUT2D eigenvalue weighted by atomic mass is 9.99. The third-order valence-corrected chi connectivity index (χ3v) is 2.99. The molecule has 112 valence electrons. The molecule has 0 bridgehead atoms. The fraction of sp³-hybridized carbons (Fsp3) is 0.0588. The van der Waals surface area contributed by atoms with Gasteiger partial charge in [-0.25, -0.2) is 14.6 Å². The lowest BCUT2D eigenvalue weighted by Crippen LogP contribution is -2.25. The Hall–Kier alpha value is -2.95. The first-order valence-electron chi connectivity index (χ1n) is 6.69. The van der Waals surface area contributed by atoms with Gasteiger partial charge in [-0.3, -0.25) is 0 Å². The highest BCUT2D eigenvalue weighted by molar-refractivity contribution is 6.27. The predicted molar refractivity (Wildman–Crippen MR) is 86.5 cm³/mol. The SMILES string of the molecule is CC(=N\NC(N)=O)/C(=C\c1ccc(F)cc1)c1ccccc1. The van der Waals surface area contributed by atoms with Crippen LogP contribution in [0.5, 0.6) is 0 Å². The molecule has 3 N–H and O–H groups in total. The van der Waals surface area contributed by atoms with Crippen molar-refractivity contribution >= 4 is 23.4 Å². The molecule has 0 saturated heterocycles. The smallest absolute Gasteiger partial charge is 0.332 e. The van der Waals surface area contributed by atoms with Crippen molar-refractivity contribution in [3.05, 3.63) is 71.5 Å². The second-order valence-electron chi connectivity index (χ2n) is 4.65. The minimum atomic E-state index is -0.728. The standard InChI is InChI=1S/C17H16FN3O/c1-12(20-21-17(19)22)16(14-5-3-2-4-6-14)11-13-7-9-15(18)10-8-13/h2-11H,1H3,(H3,19,21,22)/b16-11+,20-12+. The van der Waals surface area contributed by atoms with Crippen molar-refractivity contribution in [2.24, 2.45) is 10.8 Å². The molecular formula is C17H16FN3O. The van der Waals surface area contributed by atoms with Gasteiger partial charge in [0.2, 0.25) is 0 Å². The van der Waals surface area contributed by atoms with Crippen molar-refractivity contribution in [1.29, 1.82) is 0 Å². The number of primary amides is 1. The Bertz CT molecular complexity index is 706. The molecule has 22 heavy (non-hydrogen) atoms. The molecule has 0 aromatic heterocycles. The van der Waals surface area contributed by atoms with Gasteiger partial charge in [0.25, 0.3) is 0 Å². The molecule has 4 nitrogen and oxygen atoms in total. The number of allylic oxidation sites excluding steroid dienone is 1. The fourth-order valence-corrected chi connectivity index (χ4v) is 1.94. The number of hydrogen-bond acceptors (Lipinski definition) is 2. The van der Waals surface area contributed by atoms with Gasteiger partial charge < -0.3 is 5.73 Å². The van der Waals surface area contributed by atoms with Crippen LogP contribution in [0.4, 0.5) is 9.18 Å². The van der Waals surface area contributed by atoms with Gasteiger partial charge in [-0.2, -0.15) is 5.10 Å². The number of rotatable bonds is 4. The average Bonchev–Trinajstić information content (AvgIpc) is 2.53. The van der Waals surface area contributed by atoms with E-state index in [-0.39, 0.29) is 5.82 Å². The summed E-state index contributed by atoms with van der Waals surface area (Å²) in [4.78, 5) is 10.8. The molecule has 0 fully saturated rings. The number of halogens is 1. The first-order valence-corrected chi connectivity index (χ1v) is 6.69. The molecule has 0 unspecified atom stereocenters. The quantitative estimate of drug-likeness (QED) is 0.507.